The third-order valence-corrected chi connectivity index (χ3v) is 7.07. The van der Waals surface area contributed by atoms with E-state index in [1.807, 2.05) is 54.6 Å². The molecule has 8 rings (SSSR count). The fourth-order valence-electron chi connectivity index (χ4n) is 5.36. The van der Waals surface area contributed by atoms with Crippen LogP contribution >= 0.6 is 0 Å². The number of hydrogen-bond acceptors (Lipinski definition) is 1. The summed E-state index contributed by atoms with van der Waals surface area (Å²) in [4.78, 5) is 0. The first kappa shape index (κ1) is 14.6. The molecule has 0 spiro atoms. The Morgan fingerprint density at radius 2 is 1.18 bits per heavy atom. The molecule has 0 aliphatic rings. The van der Waals surface area contributed by atoms with Crippen molar-refractivity contribution in [2.45, 2.75) is 0 Å². The second-order valence-electron chi connectivity index (χ2n) is 9.19. The van der Waals surface area contributed by atoms with Gasteiger partial charge >= 0.3 is 0 Å². The summed E-state index contributed by atoms with van der Waals surface area (Å²) in [5, 5.41) is 2.22. The highest BCUT2D eigenvalue weighted by atomic mass is 16.3. The third kappa shape index (κ3) is 3.14. The molecule has 0 N–H and O–H groups in total. The zero-order chi connectivity index (χ0) is 32.0. The van der Waals surface area contributed by atoms with Gasteiger partial charge in [-0.2, -0.15) is 0 Å². The number of hydrogen-bond donors (Lipinski definition) is 0. The summed E-state index contributed by atoms with van der Waals surface area (Å²) in [7, 11) is 0. The SMILES string of the molecule is [2H]c1c([2H])c([2H])c2c(c1[2H])c1c([2H])c([2H])c([2H])c([2H])c1n2-c1ccc(-c2cccc(-c3cccc4oc5ccccc5c34)c2)cc1. The molecule has 38 heavy (non-hydrogen) atoms. The lowest BCUT2D eigenvalue weighted by molar-refractivity contribution is 0.669. The molecule has 0 radical (unpaired) electrons. The zero-order valence-electron chi connectivity index (χ0n) is 28.0. The molecule has 0 unspecified atom stereocenters. The molecule has 2 nitrogen and oxygen atoms in total. The monoisotopic (exact) mass is 493 g/mol. The van der Waals surface area contributed by atoms with Gasteiger partial charge in [0, 0.05) is 27.2 Å². The van der Waals surface area contributed by atoms with Gasteiger partial charge in [0.25, 0.3) is 0 Å². The summed E-state index contributed by atoms with van der Waals surface area (Å²) >= 11 is 0. The van der Waals surface area contributed by atoms with Crippen molar-refractivity contribution in [1.82, 2.24) is 4.57 Å². The smallest absolute Gasteiger partial charge is 0.136 e. The Morgan fingerprint density at radius 1 is 0.526 bits per heavy atom. The Morgan fingerprint density at radius 3 is 1.97 bits per heavy atom. The number of para-hydroxylation sites is 3. The molecule has 0 saturated carbocycles. The van der Waals surface area contributed by atoms with Crippen molar-refractivity contribution < 1.29 is 15.4 Å². The predicted octanol–water partition coefficient (Wildman–Crippen LogP) is 10.0. The molecule has 2 aromatic heterocycles. The highest BCUT2D eigenvalue weighted by Gasteiger charge is 2.14. The van der Waals surface area contributed by atoms with E-state index in [4.69, 9.17) is 15.4 Å². The van der Waals surface area contributed by atoms with Crippen LogP contribution in [0.3, 0.4) is 0 Å². The fourth-order valence-corrected chi connectivity index (χ4v) is 5.36. The van der Waals surface area contributed by atoms with Gasteiger partial charge in [0.1, 0.15) is 11.2 Å². The zero-order valence-corrected chi connectivity index (χ0v) is 20.0. The van der Waals surface area contributed by atoms with Crippen molar-refractivity contribution in [3.05, 3.63) is 139 Å². The van der Waals surface area contributed by atoms with E-state index in [2.05, 4.69) is 24.3 Å². The lowest BCUT2D eigenvalue weighted by Gasteiger charge is -2.11. The van der Waals surface area contributed by atoms with Crippen LogP contribution in [0.1, 0.15) is 11.0 Å². The second-order valence-corrected chi connectivity index (χ2v) is 9.19. The van der Waals surface area contributed by atoms with Gasteiger partial charge in [-0.1, -0.05) is 96.9 Å². The maximum Gasteiger partial charge on any atom is 0.136 e. The van der Waals surface area contributed by atoms with E-state index < -0.39 is 24.2 Å². The first-order valence-electron chi connectivity index (χ1n) is 16.3. The number of furan rings is 1. The third-order valence-electron chi connectivity index (χ3n) is 7.07. The molecule has 2 heteroatoms. The molecule has 0 fully saturated rings. The average molecular weight is 494 g/mol. The van der Waals surface area contributed by atoms with Crippen LogP contribution in [-0.4, -0.2) is 4.57 Å². The Hall–Kier alpha value is -5.08. The molecule has 6 aromatic carbocycles. The van der Waals surface area contributed by atoms with Crippen LogP contribution < -0.4 is 0 Å². The van der Waals surface area contributed by atoms with Gasteiger partial charge in [-0.25, -0.2) is 0 Å². The summed E-state index contributed by atoms with van der Waals surface area (Å²) in [6.07, 6.45) is 0. The Labute approximate surface area is 231 Å². The summed E-state index contributed by atoms with van der Waals surface area (Å²) in [5.74, 6) is 0. The standard InChI is InChI=1S/C36H23NO/c1-4-15-32-29(11-1)30-12-2-5-16-33(30)37(32)27-21-19-24(20-22-27)25-9-7-10-26(23-25)28-14-8-18-35-36(28)31-13-3-6-17-34(31)38-35/h1-23H/i1D,2D,4D,5D,11D,12D,15D,16D. The van der Waals surface area contributed by atoms with Crippen molar-refractivity contribution in [3.8, 4) is 27.9 Å². The van der Waals surface area contributed by atoms with E-state index in [-0.39, 0.29) is 46.0 Å². The first-order chi connectivity index (χ1) is 22.2. The summed E-state index contributed by atoms with van der Waals surface area (Å²) in [6.45, 7) is 0. The first-order valence-corrected chi connectivity index (χ1v) is 12.3. The highest BCUT2D eigenvalue weighted by Crippen LogP contribution is 2.38. The topological polar surface area (TPSA) is 18.1 Å². The molecule has 0 saturated heterocycles. The molecule has 178 valence electrons. The van der Waals surface area contributed by atoms with Gasteiger partial charge in [0.05, 0.1) is 22.0 Å². The van der Waals surface area contributed by atoms with Gasteiger partial charge in [-0.05, 0) is 64.7 Å². The van der Waals surface area contributed by atoms with Crippen LogP contribution in [0.2, 0.25) is 0 Å². The van der Waals surface area contributed by atoms with Crippen LogP contribution in [-0.2, 0) is 0 Å². The molecule has 0 atom stereocenters. The molecule has 2 heterocycles. The van der Waals surface area contributed by atoms with Gasteiger partial charge in [-0.3, -0.25) is 0 Å². The quantitative estimate of drug-likeness (QED) is 0.239. The minimum atomic E-state index is -0.460. The number of rotatable bonds is 3. The van der Waals surface area contributed by atoms with E-state index in [1.54, 1.807) is 12.1 Å². The number of fused-ring (bicyclic) bond motifs is 6. The number of nitrogens with zero attached hydrogens (tertiary/aromatic N) is 1. The van der Waals surface area contributed by atoms with Gasteiger partial charge in [-0.15, -0.1) is 0 Å². The minimum Gasteiger partial charge on any atom is -0.456 e. The summed E-state index contributed by atoms with van der Waals surface area (Å²) in [5.41, 5.74) is 6.28. The van der Waals surface area contributed by atoms with Crippen LogP contribution in [0.5, 0.6) is 0 Å². The molecule has 0 bridgehead atoms. The lowest BCUT2D eigenvalue weighted by atomic mass is 9.96. The van der Waals surface area contributed by atoms with Gasteiger partial charge in [0.2, 0.25) is 0 Å². The van der Waals surface area contributed by atoms with E-state index in [0.29, 0.717) is 5.69 Å². The van der Waals surface area contributed by atoms with Crippen molar-refractivity contribution in [2.75, 3.05) is 0 Å². The summed E-state index contributed by atoms with van der Waals surface area (Å²) < 4.78 is 75.5. The molecule has 0 aliphatic carbocycles. The largest absolute Gasteiger partial charge is 0.456 e. The van der Waals surface area contributed by atoms with Crippen molar-refractivity contribution in [2.24, 2.45) is 0 Å². The molecular weight excluding hydrogens is 462 g/mol. The Kier molecular flexibility index (Phi) is 3.16. The number of aromatic nitrogens is 1. The van der Waals surface area contributed by atoms with Gasteiger partial charge < -0.3 is 8.98 Å². The van der Waals surface area contributed by atoms with Crippen molar-refractivity contribution in [3.63, 3.8) is 0 Å². The van der Waals surface area contributed by atoms with E-state index in [0.717, 1.165) is 44.2 Å². The predicted molar refractivity (Wildman–Crippen MR) is 159 cm³/mol. The molecular formula is C36H23NO. The van der Waals surface area contributed by atoms with Crippen LogP contribution in [0.15, 0.2) is 144 Å². The lowest BCUT2D eigenvalue weighted by Crippen LogP contribution is -1.93. The maximum atomic E-state index is 8.74. The molecule has 0 amide bonds. The molecule has 0 aliphatic heterocycles. The normalized spacial score (nSPS) is 14.6. The molecule has 8 aromatic rings. The van der Waals surface area contributed by atoms with E-state index >= 15 is 0 Å². The van der Waals surface area contributed by atoms with Gasteiger partial charge in [0.15, 0.2) is 0 Å². The number of benzene rings is 6. The minimum absolute atomic E-state index is 0.0609. The van der Waals surface area contributed by atoms with Crippen molar-refractivity contribution >= 4 is 43.7 Å². The van der Waals surface area contributed by atoms with Crippen LogP contribution in [0.25, 0.3) is 71.7 Å². The Balaban J connectivity index is 1.31. The van der Waals surface area contributed by atoms with Crippen LogP contribution in [0.4, 0.5) is 0 Å². The summed E-state index contributed by atoms with van der Waals surface area (Å²) in [6, 6.07) is 26.5. The highest BCUT2D eigenvalue weighted by molar-refractivity contribution is 6.12. The van der Waals surface area contributed by atoms with E-state index in [9.17, 15) is 0 Å². The Bertz CT molecular complexity index is 2490. The van der Waals surface area contributed by atoms with Crippen LogP contribution in [0, 0.1) is 0 Å². The second kappa shape index (κ2) is 8.22. The van der Waals surface area contributed by atoms with Crippen molar-refractivity contribution in [1.29, 1.82) is 0 Å². The average Bonchev–Trinajstić information content (AvgIpc) is 3.65. The maximum absolute atomic E-state index is 8.74. The van der Waals surface area contributed by atoms with E-state index in [1.165, 1.54) is 4.57 Å². The fraction of sp³-hybridized carbons (Fsp3) is 0.